The minimum atomic E-state index is -2.12. The average molecular weight is 265 g/mol. The van der Waals surface area contributed by atoms with Gasteiger partial charge in [-0.1, -0.05) is 12.8 Å². The molecule has 18 heavy (non-hydrogen) atoms. The van der Waals surface area contributed by atoms with Crippen molar-refractivity contribution in [2.75, 3.05) is 7.05 Å². The van der Waals surface area contributed by atoms with E-state index >= 15 is 0 Å². The summed E-state index contributed by atoms with van der Waals surface area (Å²) in [6, 6.07) is -0.859. The van der Waals surface area contributed by atoms with Gasteiger partial charge in [-0.25, -0.2) is 22.0 Å². The largest absolute Gasteiger partial charge is 0.313 e. The van der Waals surface area contributed by atoms with Gasteiger partial charge in [-0.15, -0.1) is 0 Å². The summed E-state index contributed by atoms with van der Waals surface area (Å²) in [4.78, 5) is 0. The first-order chi connectivity index (χ1) is 8.47. The fraction of sp³-hybridized carbons (Fsp3) is 0.500. The predicted octanol–water partition coefficient (Wildman–Crippen LogP) is 3.44. The Morgan fingerprint density at radius 2 is 1.39 bits per heavy atom. The van der Waals surface area contributed by atoms with Gasteiger partial charge in [0, 0.05) is 11.6 Å². The number of benzene rings is 1. The first-order valence-electron chi connectivity index (χ1n) is 5.66. The van der Waals surface area contributed by atoms with Crippen molar-refractivity contribution in [2.45, 2.75) is 25.3 Å². The second-order valence-corrected chi connectivity index (χ2v) is 4.50. The maximum absolute atomic E-state index is 13.5. The standard InChI is InChI=1S/C12H12F5N/c1-18-6(4-5-2-3-5)7-8(13)10(15)12(17)11(16)9(7)14/h5-6,18H,2-4H2,1H3. The van der Waals surface area contributed by atoms with E-state index in [1.165, 1.54) is 7.05 Å². The van der Waals surface area contributed by atoms with E-state index in [4.69, 9.17) is 0 Å². The molecular formula is C12H12F5N. The Labute approximate surface area is 101 Å². The summed E-state index contributed by atoms with van der Waals surface area (Å²) in [5.74, 6) is -9.09. The van der Waals surface area contributed by atoms with Crippen molar-refractivity contribution in [2.24, 2.45) is 5.92 Å². The van der Waals surface area contributed by atoms with Crippen LogP contribution in [0.5, 0.6) is 0 Å². The Morgan fingerprint density at radius 1 is 0.944 bits per heavy atom. The van der Waals surface area contributed by atoms with Gasteiger partial charge in [0.05, 0.1) is 0 Å². The minimum absolute atomic E-state index is 0.289. The Morgan fingerprint density at radius 3 is 1.78 bits per heavy atom. The maximum atomic E-state index is 13.5. The number of rotatable bonds is 4. The number of halogens is 5. The molecular weight excluding hydrogens is 253 g/mol. The molecule has 6 heteroatoms. The lowest BCUT2D eigenvalue weighted by atomic mass is 9.99. The lowest BCUT2D eigenvalue weighted by molar-refractivity contribution is 0.353. The van der Waals surface area contributed by atoms with Crippen LogP contribution >= 0.6 is 0 Å². The van der Waals surface area contributed by atoms with E-state index < -0.39 is 40.7 Å². The summed E-state index contributed by atoms with van der Waals surface area (Å²) >= 11 is 0. The second-order valence-electron chi connectivity index (χ2n) is 4.50. The second kappa shape index (κ2) is 4.84. The highest BCUT2D eigenvalue weighted by Crippen LogP contribution is 2.39. The zero-order valence-corrected chi connectivity index (χ0v) is 9.67. The molecule has 1 saturated carbocycles. The summed E-state index contributed by atoms with van der Waals surface area (Å²) in [7, 11) is 1.44. The number of hydrogen-bond donors (Lipinski definition) is 1. The van der Waals surface area contributed by atoms with Crippen LogP contribution in [0.2, 0.25) is 0 Å². The fourth-order valence-corrected chi connectivity index (χ4v) is 1.99. The van der Waals surface area contributed by atoms with Crippen molar-refractivity contribution in [3.63, 3.8) is 0 Å². The Hall–Kier alpha value is -1.17. The van der Waals surface area contributed by atoms with Crippen LogP contribution in [0.3, 0.4) is 0 Å². The molecule has 0 heterocycles. The van der Waals surface area contributed by atoms with Crippen LogP contribution in [0.4, 0.5) is 22.0 Å². The summed E-state index contributed by atoms with van der Waals surface area (Å²) in [6.45, 7) is 0. The molecule has 0 saturated heterocycles. The Kier molecular flexibility index (Phi) is 3.56. The molecule has 0 bridgehead atoms. The third-order valence-electron chi connectivity index (χ3n) is 3.21. The SMILES string of the molecule is CNC(CC1CC1)c1c(F)c(F)c(F)c(F)c1F. The highest BCUT2D eigenvalue weighted by Gasteiger charge is 2.33. The lowest BCUT2D eigenvalue weighted by Crippen LogP contribution is -2.22. The number of nitrogens with one attached hydrogen (secondary N) is 1. The van der Waals surface area contributed by atoms with Crippen molar-refractivity contribution in [3.8, 4) is 0 Å². The van der Waals surface area contributed by atoms with Crippen molar-refractivity contribution in [1.82, 2.24) is 5.32 Å². The van der Waals surface area contributed by atoms with Crippen LogP contribution in [0.1, 0.15) is 30.9 Å². The molecule has 1 unspecified atom stereocenters. The summed E-state index contributed by atoms with van der Waals surface area (Å²) < 4.78 is 66.1. The van der Waals surface area contributed by atoms with E-state index in [-0.39, 0.29) is 5.92 Å². The quantitative estimate of drug-likeness (QED) is 0.499. The van der Waals surface area contributed by atoms with E-state index in [0.717, 1.165) is 12.8 Å². The molecule has 0 spiro atoms. The average Bonchev–Trinajstić information content (AvgIpc) is 3.16. The van der Waals surface area contributed by atoms with Gasteiger partial charge in [0.15, 0.2) is 23.3 Å². The third-order valence-corrected chi connectivity index (χ3v) is 3.21. The zero-order chi connectivity index (χ0) is 13.4. The lowest BCUT2D eigenvalue weighted by Gasteiger charge is -2.18. The summed E-state index contributed by atoms with van der Waals surface area (Å²) in [5.41, 5.74) is -0.763. The van der Waals surface area contributed by atoms with Crippen LogP contribution < -0.4 is 5.32 Å². The molecule has 1 nitrogen and oxygen atoms in total. The minimum Gasteiger partial charge on any atom is -0.313 e. The molecule has 1 atom stereocenters. The van der Waals surface area contributed by atoms with Gasteiger partial charge >= 0.3 is 0 Å². The fourth-order valence-electron chi connectivity index (χ4n) is 1.99. The van der Waals surface area contributed by atoms with Crippen LogP contribution in [0.15, 0.2) is 0 Å². The smallest absolute Gasteiger partial charge is 0.200 e. The molecule has 1 aliphatic carbocycles. The van der Waals surface area contributed by atoms with Crippen molar-refractivity contribution < 1.29 is 22.0 Å². The van der Waals surface area contributed by atoms with Crippen molar-refractivity contribution >= 4 is 0 Å². The van der Waals surface area contributed by atoms with E-state index in [2.05, 4.69) is 5.32 Å². The first-order valence-corrected chi connectivity index (χ1v) is 5.66. The van der Waals surface area contributed by atoms with Crippen LogP contribution in [0, 0.1) is 35.0 Å². The van der Waals surface area contributed by atoms with E-state index in [1.807, 2.05) is 0 Å². The maximum Gasteiger partial charge on any atom is 0.200 e. The highest BCUT2D eigenvalue weighted by molar-refractivity contribution is 5.27. The molecule has 1 aromatic carbocycles. The molecule has 100 valence electrons. The van der Waals surface area contributed by atoms with Crippen molar-refractivity contribution in [1.29, 1.82) is 0 Å². The Balaban J connectivity index is 2.47. The Bertz CT molecular complexity index is 441. The third kappa shape index (κ3) is 2.21. The molecule has 1 N–H and O–H groups in total. The molecule has 1 aromatic rings. The molecule has 0 aromatic heterocycles. The molecule has 0 aliphatic heterocycles. The van der Waals surface area contributed by atoms with Gasteiger partial charge < -0.3 is 5.32 Å². The van der Waals surface area contributed by atoms with E-state index in [1.54, 1.807) is 0 Å². The topological polar surface area (TPSA) is 12.0 Å². The van der Waals surface area contributed by atoms with Gasteiger partial charge in [0.2, 0.25) is 5.82 Å². The predicted molar refractivity (Wildman–Crippen MR) is 55.4 cm³/mol. The summed E-state index contributed by atoms with van der Waals surface area (Å²) in [5, 5.41) is 2.61. The monoisotopic (exact) mass is 265 g/mol. The van der Waals surface area contributed by atoms with Crippen LogP contribution in [0.25, 0.3) is 0 Å². The van der Waals surface area contributed by atoms with Crippen molar-refractivity contribution in [3.05, 3.63) is 34.6 Å². The van der Waals surface area contributed by atoms with E-state index in [9.17, 15) is 22.0 Å². The van der Waals surface area contributed by atoms with Gasteiger partial charge in [-0.05, 0) is 19.4 Å². The molecule has 1 aliphatic rings. The molecule has 0 amide bonds. The normalized spacial score (nSPS) is 17.0. The van der Waals surface area contributed by atoms with Gasteiger partial charge in [-0.3, -0.25) is 0 Å². The van der Waals surface area contributed by atoms with Crippen LogP contribution in [-0.4, -0.2) is 7.05 Å². The molecule has 0 radical (unpaired) electrons. The zero-order valence-electron chi connectivity index (χ0n) is 9.67. The molecule has 1 fully saturated rings. The summed E-state index contributed by atoms with van der Waals surface area (Å²) in [6.07, 6.45) is 2.22. The van der Waals surface area contributed by atoms with Gasteiger partial charge in [0.1, 0.15) is 0 Å². The molecule has 2 rings (SSSR count). The van der Waals surface area contributed by atoms with Gasteiger partial charge in [-0.2, -0.15) is 0 Å². The van der Waals surface area contributed by atoms with Gasteiger partial charge in [0.25, 0.3) is 0 Å². The first kappa shape index (κ1) is 13.3. The van der Waals surface area contributed by atoms with E-state index in [0.29, 0.717) is 6.42 Å². The number of hydrogen-bond acceptors (Lipinski definition) is 1. The highest BCUT2D eigenvalue weighted by atomic mass is 19.2. The van der Waals surface area contributed by atoms with Crippen LogP contribution in [-0.2, 0) is 0 Å².